The number of rotatable bonds is 5. The van der Waals surface area contributed by atoms with Crippen LogP contribution >= 0.6 is 0 Å². The molecule has 0 saturated heterocycles. The Morgan fingerprint density at radius 2 is 2.00 bits per heavy atom. The van der Waals surface area contributed by atoms with Gasteiger partial charge in [-0.2, -0.15) is 0 Å². The fraction of sp³-hybridized carbons (Fsp3) is 1.00. The van der Waals surface area contributed by atoms with Gasteiger partial charge in [0.15, 0.2) is 0 Å². The molecule has 2 nitrogen and oxygen atoms in total. The fourth-order valence-corrected chi connectivity index (χ4v) is 3.56. The Morgan fingerprint density at radius 3 is 2.50 bits per heavy atom. The summed E-state index contributed by atoms with van der Waals surface area (Å²) >= 11 is 0. The first-order valence-electron chi connectivity index (χ1n) is 6.85. The third-order valence-electron chi connectivity index (χ3n) is 4.54. The van der Waals surface area contributed by atoms with Crippen LogP contribution in [0.15, 0.2) is 0 Å². The van der Waals surface area contributed by atoms with Gasteiger partial charge in [0, 0.05) is 13.1 Å². The van der Waals surface area contributed by atoms with Crippen LogP contribution in [0.5, 0.6) is 0 Å². The molecule has 0 aromatic heterocycles. The summed E-state index contributed by atoms with van der Waals surface area (Å²) < 4.78 is 0. The van der Waals surface area contributed by atoms with Crippen molar-refractivity contribution in [3.8, 4) is 0 Å². The molecule has 2 aliphatic rings. The van der Waals surface area contributed by atoms with Gasteiger partial charge >= 0.3 is 0 Å². The minimum atomic E-state index is -0.511. The Balaban J connectivity index is 1.69. The monoisotopic (exact) mass is 225 g/mol. The first kappa shape index (κ1) is 12.4. The van der Waals surface area contributed by atoms with Crippen molar-refractivity contribution in [1.29, 1.82) is 0 Å². The summed E-state index contributed by atoms with van der Waals surface area (Å²) in [5.41, 5.74) is -0.511. The Labute approximate surface area is 100 Å². The third-order valence-corrected chi connectivity index (χ3v) is 4.54. The van der Waals surface area contributed by atoms with Crippen LogP contribution in [-0.4, -0.2) is 35.7 Å². The van der Waals surface area contributed by atoms with E-state index in [-0.39, 0.29) is 0 Å². The van der Waals surface area contributed by atoms with Crippen molar-refractivity contribution in [3.05, 3.63) is 0 Å². The smallest absolute Gasteiger partial charge is 0.0603 e. The predicted octanol–water partition coefficient (Wildman–Crippen LogP) is 2.52. The molecule has 0 amide bonds. The molecular weight excluding hydrogens is 198 g/mol. The first-order chi connectivity index (χ1) is 7.44. The predicted molar refractivity (Wildman–Crippen MR) is 67.3 cm³/mol. The van der Waals surface area contributed by atoms with Gasteiger partial charge in [-0.1, -0.05) is 6.42 Å². The molecule has 3 unspecified atom stereocenters. The maximum atomic E-state index is 9.71. The second kappa shape index (κ2) is 4.66. The zero-order chi connectivity index (χ0) is 11.8. The van der Waals surface area contributed by atoms with Gasteiger partial charge in [0.25, 0.3) is 0 Å². The van der Waals surface area contributed by atoms with E-state index in [9.17, 15) is 5.11 Å². The molecule has 94 valence electrons. The Hall–Kier alpha value is -0.0800. The van der Waals surface area contributed by atoms with Crippen molar-refractivity contribution in [2.24, 2.45) is 17.8 Å². The molecule has 2 heteroatoms. The zero-order valence-corrected chi connectivity index (χ0v) is 11.1. The summed E-state index contributed by atoms with van der Waals surface area (Å²) in [6.45, 7) is 6.07. The highest BCUT2D eigenvalue weighted by Gasteiger charge is 2.39. The lowest BCUT2D eigenvalue weighted by Gasteiger charge is -2.28. The van der Waals surface area contributed by atoms with E-state index < -0.39 is 5.60 Å². The van der Waals surface area contributed by atoms with Gasteiger partial charge in [-0.05, 0) is 64.3 Å². The Kier molecular flexibility index (Phi) is 3.60. The molecule has 0 radical (unpaired) electrons. The van der Waals surface area contributed by atoms with E-state index in [2.05, 4.69) is 11.9 Å². The van der Waals surface area contributed by atoms with E-state index in [0.29, 0.717) is 0 Å². The first-order valence-corrected chi connectivity index (χ1v) is 6.85. The number of fused-ring (bicyclic) bond motifs is 2. The number of hydrogen-bond donors (Lipinski definition) is 1. The fourth-order valence-electron chi connectivity index (χ4n) is 3.56. The van der Waals surface area contributed by atoms with Gasteiger partial charge in [-0.15, -0.1) is 0 Å². The van der Waals surface area contributed by atoms with E-state index in [1.54, 1.807) is 0 Å². The molecular formula is C14H27NO. The van der Waals surface area contributed by atoms with Crippen LogP contribution in [0.3, 0.4) is 0 Å². The van der Waals surface area contributed by atoms with E-state index >= 15 is 0 Å². The van der Waals surface area contributed by atoms with Crippen molar-refractivity contribution in [2.45, 2.75) is 51.6 Å². The Morgan fingerprint density at radius 1 is 1.25 bits per heavy atom. The van der Waals surface area contributed by atoms with Gasteiger partial charge < -0.3 is 10.0 Å². The maximum absolute atomic E-state index is 9.71. The molecule has 16 heavy (non-hydrogen) atoms. The topological polar surface area (TPSA) is 23.5 Å². The average molecular weight is 225 g/mol. The zero-order valence-electron chi connectivity index (χ0n) is 11.1. The third kappa shape index (κ3) is 3.21. The highest BCUT2D eigenvalue weighted by Crippen LogP contribution is 2.48. The quantitative estimate of drug-likeness (QED) is 0.777. The lowest BCUT2D eigenvalue weighted by Crippen LogP contribution is -2.33. The molecule has 0 aromatic rings. The molecule has 2 fully saturated rings. The number of aliphatic hydroxyl groups is 1. The van der Waals surface area contributed by atoms with Crippen molar-refractivity contribution in [2.75, 3.05) is 20.1 Å². The average Bonchev–Trinajstić information content (AvgIpc) is 2.75. The molecule has 0 aliphatic heterocycles. The summed E-state index contributed by atoms with van der Waals surface area (Å²) in [6.07, 6.45) is 6.83. The van der Waals surface area contributed by atoms with Crippen LogP contribution in [0.1, 0.15) is 46.0 Å². The number of nitrogens with zero attached hydrogens (tertiary/aromatic N) is 1. The molecule has 0 spiro atoms. The van der Waals surface area contributed by atoms with Gasteiger partial charge in [-0.25, -0.2) is 0 Å². The standard InChI is InChI=1S/C14H27NO/c1-14(2,16)6-7-15(3)10-13-9-11-4-5-12(13)8-11/h11-13,16H,4-10H2,1-3H3. The van der Waals surface area contributed by atoms with E-state index in [0.717, 1.165) is 30.7 Å². The van der Waals surface area contributed by atoms with Crippen molar-refractivity contribution in [1.82, 2.24) is 4.90 Å². The molecule has 2 saturated carbocycles. The van der Waals surface area contributed by atoms with Gasteiger partial charge in [0.2, 0.25) is 0 Å². The molecule has 2 rings (SSSR count). The molecule has 0 heterocycles. The minimum Gasteiger partial charge on any atom is -0.390 e. The SMILES string of the molecule is CN(CCC(C)(C)O)CC1CC2CCC1C2. The van der Waals surface area contributed by atoms with Crippen LogP contribution in [0.2, 0.25) is 0 Å². The summed E-state index contributed by atoms with van der Waals surface area (Å²) in [6, 6.07) is 0. The van der Waals surface area contributed by atoms with E-state index in [4.69, 9.17) is 0 Å². The van der Waals surface area contributed by atoms with Crippen LogP contribution in [0.25, 0.3) is 0 Å². The second-order valence-corrected chi connectivity index (χ2v) is 6.76. The maximum Gasteiger partial charge on any atom is 0.0603 e. The van der Waals surface area contributed by atoms with E-state index in [1.165, 1.54) is 32.2 Å². The molecule has 2 aliphatic carbocycles. The summed E-state index contributed by atoms with van der Waals surface area (Å²) in [5.74, 6) is 3.03. The summed E-state index contributed by atoms with van der Waals surface area (Å²) in [7, 11) is 2.21. The molecule has 3 atom stereocenters. The second-order valence-electron chi connectivity index (χ2n) is 6.76. The van der Waals surface area contributed by atoms with Gasteiger partial charge in [-0.3, -0.25) is 0 Å². The normalized spacial score (nSPS) is 33.9. The van der Waals surface area contributed by atoms with Crippen molar-refractivity contribution < 1.29 is 5.11 Å². The molecule has 2 bridgehead atoms. The Bertz CT molecular complexity index is 233. The van der Waals surface area contributed by atoms with Gasteiger partial charge in [0.05, 0.1) is 5.60 Å². The highest BCUT2D eigenvalue weighted by molar-refractivity contribution is 4.91. The van der Waals surface area contributed by atoms with Crippen molar-refractivity contribution >= 4 is 0 Å². The van der Waals surface area contributed by atoms with Crippen LogP contribution in [-0.2, 0) is 0 Å². The highest BCUT2D eigenvalue weighted by atomic mass is 16.3. The minimum absolute atomic E-state index is 0.511. The largest absolute Gasteiger partial charge is 0.390 e. The van der Waals surface area contributed by atoms with Gasteiger partial charge in [0.1, 0.15) is 0 Å². The summed E-state index contributed by atoms with van der Waals surface area (Å²) in [5, 5.41) is 9.71. The molecule has 0 aromatic carbocycles. The van der Waals surface area contributed by atoms with Crippen LogP contribution in [0, 0.1) is 17.8 Å². The number of hydrogen-bond acceptors (Lipinski definition) is 2. The van der Waals surface area contributed by atoms with Crippen LogP contribution in [0.4, 0.5) is 0 Å². The molecule has 1 N–H and O–H groups in total. The van der Waals surface area contributed by atoms with Crippen LogP contribution < -0.4 is 0 Å². The lowest BCUT2D eigenvalue weighted by molar-refractivity contribution is 0.0577. The summed E-state index contributed by atoms with van der Waals surface area (Å²) in [4.78, 5) is 2.42. The van der Waals surface area contributed by atoms with E-state index in [1.807, 2.05) is 13.8 Å². The van der Waals surface area contributed by atoms with Crippen molar-refractivity contribution in [3.63, 3.8) is 0 Å². The lowest BCUT2D eigenvalue weighted by atomic mass is 9.88.